The van der Waals surface area contributed by atoms with Crippen LogP contribution in [0.25, 0.3) is 11.2 Å². The van der Waals surface area contributed by atoms with Gasteiger partial charge in [0.25, 0.3) is 0 Å². The average molecular weight is 477 g/mol. The molecule has 1 saturated carbocycles. The lowest BCUT2D eigenvalue weighted by molar-refractivity contribution is -0.128. The molecule has 182 valence electrons. The Morgan fingerprint density at radius 1 is 1.26 bits per heavy atom. The molecule has 5 N–H and O–H groups in total. The summed E-state index contributed by atoms with van der Waals surface area (Å²) < 4.78 is 43.8. The first-order valence-corrected chi connectivity index (χ1v) is 10.9. The molecule has 0 aliphatic heterocycles. The van der Waals surface area contributed by atoms with Crippen molar-refractivity contribution in [1.29, 1.82) is 0 Å². The van der Waals surface area contributed by atoms with Crippen LogP contribution in [0.5, 0.6) is 0 Å². The van der Waals surface area contributed by atoms with E-state index < -0.39 is 28.6 Å². The molecular formula is C22H26F3N7O2. The summed E-state index contributed by atoms with van der Waals surface area (Å²) in [4.78, 5) is 25.0. The van der Waals surface area contributed by atoms with Gasteiger partial charge < -0.3 is 21.5 Å². The first-order chi connectivity index (χ1) is 16.1. The largest absolute Gasteiger partial charge is 0.394 e. The van der Waals surface area contributed by atoms with Crippen LogP contribution in [0.2, 0.25) is 0 Å². The molecule has 0 bridgehead atoms. The minimum absolute atomic E-state index is 0.105. The number of nitrogens with zero attached hydrogens (tertiary/aromatic N) is 4. The van der Waals surface area contributed by atoms with E-state index in [4.69, 9.17) is 5.73 Å². The van der Waals surface area contributed by atoms with Crippen LogP contribution in [0.15, 0.2) is 18.3 Å². The lowest BCUT2D eigenvalue weighted by Crippen LogP contribution is -2.38. The number of primary amides is 1. The number of imidazole rings is 1. The molecule has 2 heterocycles. The van der Waals surface area contributed by atoms with E-state index in [9.17, 15) is 23.1 Å². The molecule has 34 heavy (non-hydrogen) atoms. The van der Waals surface area contributed by atoms with Crippen LogP contribution in [0, 0.1) is 22.9 Å². The zero-order valence-corrected chi connectivity index (χ0v) is 18.8. The number of nitrogens with two attached hydrogens (primary N) is 1. The van der Waals surface area contributed by atoms with Crippen LogP contribution in [-0.4, -0.2) is 43.2 Å². The van der Waals surface area contributed by atoms with Gasteiger partial charge in [0.15, 0.2) is 17.3 Å². The highest BCUT2D eigenvalue weighted by atomic mass is 19.1. The van der Waals surface area contributed by atoms with Crippen molar-refractivity contribution in [3.05, 3.63) is 35.8 Å². The Morgan fingerprint density at radius 2 is 1.91 bits per heavy atom. The van der Waals surface area contributed by atoms with Crippen LogP contribution in [0.4, 0.5) is 30.8 Å². The van der Waals surface area contributed by atoms with Crippen molar-refractivity contribution in [2.45, 2.75) is 51.6 Å². The van der Waals surface area contributed by atoms with Gasteiger partial charge in [-0.1, -0.05) is 6.92 Å². The van der Waals surface area contributed by atoms with E-state index in [-0.39, 0.29) is 36.5 Å². The quantitative estimate of drug-likeness (QED) is 0.410. The van der Waals surface area contributed by atoms with Gasteiger partial charge >= 0.3 is 0 Å². The number of aliphatic hydroxyl groups is 1. The maximum absolute atomic E-state index is 14.4. The normalized spacial score (nSPS) is 21.4. The molecule has 1 atom stereocenters. The van der Waals surface area contributed by atoms with Crippen molar-refractivity contribution in [3.63, 3.8) is 0 Å². The van der Waals surface area contributed by atoms with E-state index in [1.807, 2.05) is 6.92 Å². The fourth-order valence-electron chi connectivity index (χ4n) is 4.18. The zero-order valence-electron chi connectivity index (χ0n) is 18.8. The Balaban J connectivity index is 1.78. The van der Waals surface area contributed by atoms with Crippen molar-refractivity contribution in [2.24, 2.45) is 11.1 Å². The molecule has 4 rings (SSSR count). The zero-order chi connectivity index (χ0) is 24.6. The molecule has 1 aliphatic carbocycles. The topological polar surface area (TPSA) is 131 Å². The summed E-state index contributed by atoms with van der Waals surface area (Å²) in [5.74, 6) is -3.27. The maximum Gasteiger partial charge on any atom is 0.225 e. The van der Waals surface area contributed by atoms with Crippen molar-refractivity contribution in [1.82, 2.24) is 19.5 Å². The van der Waals surface area contributed by atoms with Crippen LogP contribution in [-0.2, 0) is 4.79 Å². The van der Waals surface area contributed by atoms with Crippen molar-refractivity contribution in [2.75, 3.05) is 17.2 Å². The Hall–Kier alpha value is -3.41. The standard InChI is InChI=1S/C22H26F3N7O2/c1-11(10-33)28-20-27-9-16-18(31-20)32(13-3-5-22(2,6-4-13)19(26)34)21(29-16)30-17-14(24)7-12(23)8-15(17)25/h7-9,11,13,33H,3-6,10H2,1-2H3,(H2,26,34)(H,29,30)(H,27,28,31)/t11-,13-,22+/m0/s1. The Bertz CT molecular complexity index is 1200. The summed E-state index contributed by atoms with van der Waals surface area (Å²) in [6.45, 7) is 3.44. The fraction of sp³-hybridized carbons (Fsp3) is 0.455. The van der Waals surface area contributed by atoms with Crippen molar-refractivity contribution >= 4 is 34.7 Å². The van der Waals surface area contributed by atoms with Crippen LogP contribution in [0.3, 0.4) is 0 Å². The first kappa shape index (κ1) is 23.7. The molecule has 2 aromatic heterocycles. The van der Waals surface area contributed by atoms with Gasteiger partial charge in [-0.3, -0.25) is 9.36 Å². The molecule has 3 aromatic rings. The van der Waals surface area contributed by atoms with Crippen molar-refractivity contribution < 1.29 is 23.1 Å². The number of amides is 1. The monoisotopic (exact) mass is 477 g/mol. The second-order valence-corrected chi connectivity index (χ2v) is 8.96. The number of rotatable bonds is 7. The van der Waals surface area contributed by atoms with Gasteiger partial charge in [0, 0.05) is 29.6 Å². The van der Waals surface area contributed by atoms with Gasteiger partial charge in [-0.15, -0.1) is 0 Å². The van der Waals surface area contributed by atoms with Gasteiger partial charge in [0.1, 0.15) is 17.0 Å². The number of hydrogen-bond donors (Lipinski definition) is 4. The van der Waals surface area contributed by atoms with Crippen LogP contribution < -0.4 is 16.4 Å². The molecular weight excluding hydrogens is 451 g/mol. The molecule has 9 nitrogen and oxygen atoms in total. The molecule has 1 fully saturated rings. The predicted molar refractivity (Wildman–Crippen MR) is 120 cm³/mol. The molecule has 0 saturated heterocycles. The van der Waals surface area contributed by atoms with Gasteiger partial charge in [-0.05, 0) is 32.6 Å². The third kappa shape index (κ3) is 4.49. The first-order valence-electron chi connectivity index (χ1n) is 10.9. The van der Waals surface area contributed by atoms with E-state index in [0.717, 1.165) is 0 Å². The van der Waals surface area contributed by atoms with Crippen LogP contribution in [0.1, 0.15) is 45.6 Å². The Kier molecular flexibility index (Phi) is 6.34. The van der Waals surface area contributed by atoms with Gasteiger partial charge in [0.05, 0.1) is 12.8 Å². The number of carbonyl (C=O) groups excluding carboxylic acids is 1. The molecule has 0 radical (unpaired) electrons. The fourth-order valence-corrected chi connectivity index (χ4v) is 4.18. The van der Waals surface area contributed by atoms with Gasteiger partial charge in [-0.25, -0.2) is 23.1 Å². The number of hydrogen-bond acceptors (Lipinski definition) is 7. The number of benzene rings is 1. The minimum Gasteiger partial charge on any atom is -0.394 e. The number of fused-ring (bicyclic) bond motifs is 1. The van der Waals surface area contributed by atoms with E-state index in [0.29, 0.717) is 49.0 Å². The smallest absolute Gasteiger partial charge is 0.225 e. The summed E-state index contributed by atoms with van der Waals surface area (Å²) in [6, 6.07) is 0.648. The number of carbonyl (C=O) groups is 1. The minimum atomic E-state index is -1.11. The molecule has 1 aromatic carbocycles. The second-order valence-electron chi connectivity index (χ2n) is 8.96. The highest BCUT2D eigenvalue weighted by Crippen LogP contribution is 2.43. The predicted octanol–water partition coefficient (Wildman–Crippen LogP) is 3.39. The number of anilines is 3. The third-order valence-electron chi connectivity index (χ3n) is 6.34. The molecule has 12 heteroatoms. The Morgan fingerprint density at radius 3 is 2.50 bits per heavy atom. The molecule has 0 spiro atoms. The third-order valence-corrected chi connectivity index (χ3v) is 6.34. The lowest BCUT2D eigenvalue weighted by atomic mass is 9.73. The number of halogens is 3. The SMILES string of the molecule is C[C@@H](CO)Nc1ncc2nc(Nc3c(F)cc(F)cc3F)n([C@H]3CC[C@@](C)(C(N)=O)CC3)c2n1. The summed E-state index contributed by atoms with van der Waals surface area (Å²) in [6.07, 6.45) is 3.60. The summed E-state index contributed by atoms with van der Waals surface area (Å²) >= 11 is 0. The van der Waals surface area contributed by atoms with E-state index >= 15 is 0 Å². The highest BCUT2D eigenvalue weighted by molar-refractivity contribution is 5.80. The lowest BCUT2D eigenvalue weighted by Gasteiger charge is -2.35. The van der Waals surface area contributed by atoms with Crippen LogP contribution >= 0.6 is 0 Å². The van der Waals surface area contributed by atoms with Crippen molar-refractivity contribution in [3.8, 4) is 0 Å². The maximum atomic E-state index is 14.4. The number of nitrogens with one attached hydrogen (secondary N) is 2. The van der Waals surface area contributed by atoms with E-state index in [1.165, 1.54) is 6.20 Å². The van der Waals surface area contributed by atoms with Gasteiger partial charge in [0.2, 0.25) is 17.8 Å². The molecule has 1 aliphatic rings. The van der Waals surface area contributed by atoms with E-state index in [1.54, 1.807) is 11.5 Å². The van der Waals surface area contributed by atoms with Gasteiger partial charge in [-0.2, -0.15) is 4.98 Å². The number of aromatic nitrogens is 4. The summed E-state index contributed by atoms with van der Waals surface area (Å²) in [5.41, 5.74) is 5.16. The summed E-state index contributed by atoms with van der Waals surface area (Å²) in [7, 11) is 0. The average Bonchev–Trinajstić information content (AvgIpc) is 3.14. The summed E-state index contributed by atoms with van der Waals surface area (Å²) in [5, 5.41) is 14.9. The Labute approximate surface area is 193 Å². The van der Waals surface area contributed by atoms with E-state index in [2.05, 4.69) is 25.6 Å². The number of aliphatic hydroxyl groups excluding tert-OH is 1. The molecule has 1 amide bonds. The highest BCUT2D eigenvalue weighted by Gasteiger charge is 2.37. The second kappa shape index (κ2) is 9.09. The molecule has 0 unspecified atom stereocenters.